The molecule has 4 nitrogen and oxygen atoms in total. The molecule has 0 spiro atoms. The quantitative estimate of drug-likeness (QED) is 0.847. The van der Waals surface area contributed by atoms with Crippen LogP contribution in [0, 0.1) is 6.92 Å². The smallest absolute Gasteiger partial charge is 0.223 e. The summed E-state index contributed by atoms with van der Waals surface area (Å²) < 4.78 is 2.16. The number of pyridine rings is 1. The van der Waals surface area contributed by atoms with Gasteiger partial charge in [0.15, 0.2) is 5.75 Å². The molecular formula is C19H28N2O2. The fourth-order valence-corrected chi connectivity index (χ4v) is 3.83. The van der Waals surface area contributed by atoms with Gasteiger partial charge in [-0.15, -0.1) is 0 Å². The molecule has 1 aromatic rings. The predicted octanol–water partition coefficient (Wildman–Crippen LogP) is 3.35. The number of rotatable bonds is 5. The number of aryl methyl sites for hydroxylation is 1. The van der Waals surface area contributed by atoms with E-state index in [-0.39, 0.29) is 11.2 Å². The lowest BCUT2D eigenvalue weighted by molar-refractivity contribution is 0.308. The van der Waals surface area contributed by atoms with Gasteiger partial charge >= 0.3 is 0 Å². The standard InChI is InChI=1S/C19H28N2O2/c1-15-13-18(22)19(23)17(14-20-10-5-6-11-20)21(15)12-9-16-7-3-2-4-8-16/h7,13,23H,2-6,8-12,14H2,1H3. The zero-order valence-corrected chi connectivity index (χ0v) is 14.2. The lowest BCUT2D eigenvalue weighted by Crippen LogP contribution is -2.25. The highest BCUT2D eigenvalue weighted by Crippen LogP contribution is 2.24. The molecule has 126 valence electrons. The SMILES string of the molecule is Cc1cc(=O)c(O)c(CN2CCCC2)n1CCC1=CCCCC1. The summed E-state index contributed by atoms with van der Waals surface area (Å²) in [5.41, 5.74) is 3.04. The molecule has 1 aliphatic carbocycles. The number of nitrogens with zero attached hydrogens (tertiary/aromatic N) is 2. The molecule has 3 rings (SSSR count). The number of allylic oxidation sites excluding steroid dienone is 2. The second-order valence-electron chi connectivity index (χ2n) is 6.94. The van der Waals surface area contributed by atoms with Gasteiger partial charge < -0.3 is 9.67 Å². The van der Waals surface area contributed by atoms with E-state index < -0.39 is 0 Å². The highest BCUT2D eigenvalue weighted by Gasteiger charge is 2.19. The van der Waals surface area contributed by atoms with Gasteiger partial charge in [-0.25, -0.2) is 0 Å². The molecule has 23 heavy (non-hydrogen) atoms. The lowest BCUT2D eigenvalue weighted by Gasteiger charge is -2.23. The van der Waals surface area contributed by atoms with Crippen LogP contribution in [0.3, 0.4) is 0 Å². The molecule has 1 fully saturated rings. The molecule has 2 aliphatic rings. The normalized spacial score (nSPS) is 19.1. The van der Waals surface area contributed by atoms with E-state index in [9.17, 15) is 9.90 Å². The first-order valence-corrected chi connectivity index (χ1v) is 8.97. The second-order valence-corrected chi connectivity index (χ2v) is 6.94. The Labute approximate surface area is 138 Å². The van der Waals surface area contributed by atoms with E-state index >= 15 is 0 Å². The summed E-state index contributed by atoms with van der Waals surface area (Å²) >= 11 is 0. The van der Waals surface area contributed by atoms with Crippen LogP contribution in [0.15, 0.2) is 22.5 Å². The Hall–Kier alpha value is -1.55. The van der Waals surface area contributed by atoms with Crippen LogP contribution in [0.4, 0.5) is 0 Å². The van der Waals surface area contributed by atoms with E-state index in [1.807, 2.05) is 6.92 Å². The van der Waals surface area contributed by atoms with Crippen molar-refractivity contribution in [1.29, 1.82) is 0 Å². The predicted molar refractivity (Wildman–Crippen MR) is 92.8 cm³/mol. The average molecular weight is 316 g/mol. The van der Waals surface area contributed by atoms with Gasteiger partial charge in [-0.05, 0) is 65.0 Å². The summed E-state index contributed by atoms with van der Waals surface area (Å²) in [5, 5.41) is 10.3. The Kier molecular flexibility index (Phi) is 5.21. The van der Waals surface area contributed by atoms with Gasteiger partial charge in [0.05, 0.1) is 5.69 Å². The van der Waals surface area contributed by atoms with Crippen LogP contribution in [-0.4, -0.2) is 27.7 Å². The van der Waals surface area contributed by atoms with Crippen LogP contribution in [0.25, 0.3) is 0 Å². The summed E-state index contributed by atoms with van der Waals surface area (Å²) in [6.45, 7) is 5.64. The third kappa shape index (κ3) is 3.86. The Balaban J connectivity index is 1.82. The molecule has 1 aromatic heterocycles. The van der Waals surface area contributed by atoms with Crippen LogP contribution in [0.1, 0.15) is 56.3 Å². The molecule has 1 N–H and O–H groups in total. The van der Waals surface area contributed by atoms with E-state index in [2.05, 4.69) is 15.5 Å². The number of aromatic nitrogens is 1. The third-order valence-electron chi connectivity index (χ3n) is 5.21. The van der Waals surface area contributed by atoms with Crippen LogP contribution in [-0.2, 0) is 13.1 Å². The lowest BCUT2D eigenvalue weighted by atomic mass is 9.97. The summed E-state index contributed by atoms with van der Waals surface area (Å²) in [7, 11) is 0. The van der Waals surface area contributed by atoms with Gasteiger partial charge in [-0.2, -0.15) is 0 Å². The van der Waals surface area contributed by atoms with Gasteiger partial charge in [0.2, 0.25) is 5.43 Å². The summed E-state index contributed by atoms with van der Waals surface area (Å²) in [5.74, 6) is -0.0554. The van der Waals surface area contributed by atoms with E-state index in [0.717, 1.165) is 37.4 Å². The fourth-order valence-electron chi connectivity index (χ4n) is 3.83. The van der Waals surface area contributed by atoms with Crippen molar-refractivity contribution in [2.45, 2.75) is 65.0 Å². The topological polar surface area (TPSA) is 45.5 Å². The van der Waals surface area contributed by atoms with Crippen molar-refractivity contribution in [2.24, 2.45) is 0 Å². The van der Waals surface area contributed by atoms with Crippen molar-refractivity contribution < 1.29 is 5.11 Å². The zero-order chi connectivity index (χ0) is 16.2. The fraction of sp³-hybridized carbons (Fsp3) is 0.632. The van der Waals surface area contributed by atoms with Gasteiger partial charge in [0.25, 0.3) is 0 Å². The maximum atomic E-state index is 12.0. The minimum absolute atomic E-state index is 0.0554. The molecule has 1 aliphatic heterocycles. The largest absolute Gasteiger partial charge is 0.503 e. The maximum absolute atomic E-state index is 12.0. The molecule has 1 saturated heterocycles. The maximum Gasteiger partial charge on any atom is 0.223 e. The minimum atomic E-state index is -0.246. The molecular weight excluding hydrogens is 288 g/mol. The highest BCUT2D eigenvalue weighted by molar-refractivity contribution is 5.30. The summed E-state index contributed by atoms with van der Waals surface area (Å²) in [4.78, 5) is 14.3. The highest BCUT2D eigenvalue weighted by atomic mass is 16.3. The van der Waals surface area contributed by atoms with Crippen molar-refractivity contribution in [3.05, 3.63) is 39.3 Å². The average Bonchev–Trinajstić information content (AvgIpc) is 3.06. The molecule has 0 amide bonds. The van der Waals surface area contributed by atoms with Gasteiger partial charge in [0.1, 0.15) is 0 Å². The van der Waals surface area contributed by atoms with E-state index in [4.69, 9.17) is 0 Å². The first kappa shape index (κ1) is 16.3. The molecule has 0 radical (unpaired) electrons. The van der Waals surface area contributed by atoms with Crippen molar-refractivity contribution in [3.63, 3.8) is 0 Å². The summed E-state index contributed by atoms with van der Waals surface area (Å²) in [6.07, 6.45) is 10.8. The number of hydrogen-bond donors (Lipinski definition) is 1. The minimum Gasteiger partial charge on any atom is -0.503 e. The summed E-state index contributed by atoms with van der Waals surface area (Å²) in [6, 6.07) is 1.57. The van der Waals surface area contributed by atoms with Crippen molar-refractivity contribution in [1.82, 2.24) is 9.47 Å². The number of aromatic hydroxyl groups is 1. The molecule has 0 saturated carbocycles. The number of likely N-dealkylation sites (tertiary alicyclic amines) is 1. The van der Waals surface area contributed by atoms with Crippen molar-refractivity contribution in [2.75, 3.05) is 13.1 Å². The van der Waals surface area contributed by atoms with Crippen LogP contribution < -0.4 is 5.43 Å². The Morgan fingerprint density at radius 3 is 2.65 bits per heavy atom. The Morgan fingerprint density at radius 1 is 1.17 bits per heavy atom. The van der Waals surface area contributed by atoms with Crippen LogP contribution in [0.5, 0.6) is 5.75 Å². The molecule has 0 atom stereocenters. The van der Waals surface area contributed by atoms with Crippen molar-refractivity contribution >= 4 is 0 Å². The molecule has 0 unspecified atom stereocenters. The van der Waals surface area contributed by atoms with E-state index in [1.165, 1.54) is 44.1 Å². The molecule has 4 heteroatoms. The van der Waals surface area contributed by atoms with Crippen LogP contribution in [0.2, 0.25) is 0 Å². The van der Waals surface area contributed by atoms with E-state index in [1.54, 1.807) is 6.07 Å². The van der Waals surface area contributed by atoms with Crippen molar-refractivity contribution in [3.8, 4) is 5.75 Å². The van der Waals surface area contributed by atoms with Gasteiger partial charge in [-0.3, -0.25) is 9.69 Å². The first-order chi connectivity index (χ1) is 11.1. The Bertz CT molecular complexity index is 640. The van der Waals surface area contributed by atoms with Gasteiger partial charge in [-0.1, -0.05) is 11.6 Å². The molecule has 0 bridgehead atoms. The monoisotopic (exact) mass is 316 g/mol. The number of hydrogen-bond acceptors (Lipinski definition) is 3. The molecule has 0 aromatic carbocycles. The second kappa shape index (κ2) is 7.35. The van der Waals surface area contributed by atoms with E-state index in [0.29, 0.717) is 6.54 Å². The van der Waals surface area contributed by atoms with Crippen LogP contribution >= 0.6 is 0 Å². The van der Waals surface area contributed by atoms with Gasteiger partial charge in [0, 0.05) is 24.8 Å². The Morgan fingerprint density at radius 2 is 1.96 bits per heavy atom. The zero-order valence-electron chi connectivity index (χ0n) is 14.2. The molecule has 2 heterocycles. The third-order valence-corrected chi connectivity index (χ3v) is 5.21. The first-order valence-electron chi connectivity index (χ1n) is 8.97.